The minimum Gasteiger partial charge on any atom is -0.309 e. The zero-order valence-corrected chi connectivity index (χ0v) is 14.1. The highest BCUT2D eigenvalue weighted by Gasteiger charge is 2.24. The first-order valence-corrected chi connectivity index (χ1v) is 9.17. The molecule has 1 saturated heterocycles. The fraction of sp³-hybridized carbons (Fsp3) is 0.647. The Bertz CT molecular complexity index is 753. The van der Waals surface area contributed by atoms with Crippen LogP contribution < -0.4 is 5.56 Å². The highest BCUT2D eigenvalue weighted by Crippen LogP contribution is 2.34. The van der Waals surface area contributed by atoms with Gasteiger partial charge in [0.15, 0.2) is 0 Å². The maximum atomic E-state index is 12.5. The Kier molecular flexibility index (Phi) is 3.57. The first-order valence-electron chi connectivity index (χ1n) is 8.36. The van der Waals surface area contributed by atoms with E-state index in [9.17, 15) is 4.79 Å². The number of hydrogen-bond acceptors (Lipinski definition) is 4. The van der Waals surface area contributed by atoms with E-state index in [-0.39, 0.29) is 5.56 Å². The fourth-order valence-corrected chi connectivity index (χ4v) is 5.54. The fourth-order valence-electron chi connectivity index (χ4n) is 4.25. The lowest BCUT2D eigenvalue weighted by atomic mass is 9.92. The quantitative estimate of drug-likeness (QED) is 0.926. The van der Waals surface area contributed by atoms with Gasteiger partial charge in [-0.05, 0) is 43.1 Å². The summed E-state index contributed by atoms with van der Waals surface area (Å²) in [5, 5.41) is 0.863. The standard InChI is InChI=1S/C17H23N3OS/c1-10-6-11(2)8-20(7-10)9-14-18-16(21)15-12-4-3-5-13(12)22-17(15)19-14/h10-11H,3-9H2,1-2H3,(H,18,19,21)/t10-,11-/m0/s1. The van der Waals surface area contributed by atoms with E-state index in [4.69, 9.17) is 4.98 Å². The summed E-state index contributed by atoms with van der Waals surface area (Å²) in [6, 6.07) is 0. The second-order valence-electron chi connectivity index (χ2n) is 7.19. The van der Waals surface area contributed by atoms with Gasteiger partial charge in [-0.25, -0.2) is 4.98 Å². The van der Waals surface area contributed by atoms with E-state index in [1.54, 1.807) is 11.3 Å². The van der Waals surface area contributed by atoms with Crippen molar-refractivity contribution in [2.24, 2.45) is 11.8 Å². The predicted molar refractivity (Wildman–Crippen MR) is 90.5 cm³/mol. The van der Waals surface area contributed by atoms with E-state index in [1.165, 1.54) is 23.3 Å². The molecule has 2 atom stereocenters. The Labute approximate surface area is 134 Å². The van der Waals surface area contributed by atoms with Gasteiger partial charge in [-0.1, -0.05) is 13.8 Å². The summed E-state index contributed by atoms with van der Waals surface area (Å²) in [4.78, 5) is 25.1. The number of H-pyrrole nitrogens is 1. The Morgan fingerprint density at radius 1 is 1.27 bits per heavy atom. The number of nitrogens with one attached hydrogen (secondary N) is 1. The van der Waals surface area contributed by atoms with Gasteiger partial charge in [0.25, 0.3) is 5.56 Å². The minimum absolute atomic E-state index is 0.0671. The molecule has 1 N–H and O–H groups in total. The molecule has 2 aromatic rings. The van der Waals surface area contributed by atoms with E-state index in [2.05, 4.69) is 23.7 Å². The Morgan fingerprint density at radius 3 is 2.82 bits per heavy atom. The molecule has 5 heteroatoms. The van der Waals surface area contributed by atoms with Crippen molar-refractivity contribution in [2.45, 2.75) is 46.1 Å². The lowest BCUT2D eigenvalue weighted by Crippen LogP contribution is -2.38. The van der Waals surface area contributed by atoms with Gasteiger partial charge in [-0.3, -0.25) is 9.69 Å². The third kappa shape index (κ3) is 2.50. The molecule has 1 aliphatic heterocycles. The van der Waals surface area contributed by atoms with Gasteiger partial charge in [0.05, 0.1) is 11.9 Å². The van der Waals surface area contributed by atoms with E-state index >= 15 is 0 Å². The second-order valence-corrected chi connectivity index (χ2v) is 8.27. The molecule has 0 bridgehead atoms. The summed E-state index contributed by atoms with van der Waals surface area (Å²) in [5.41, 5.74) is 1.33. The van der Waals surface area contributed by atoms with Crippen LogP contribution in [0, 0.1) is 11.8 Å². The molecular formula is C17H23N3OS. The van der Waals surface area contributed by atoms with Crippen LogP contribution in [0.3, 0.4) is 0 Å². The number of thiophene rings is 1. The molecule has 2 aliphatic rings. The van der Waals surface area contributed by atoms with Crippen molar-refractivity contribution in [1.82, 2.24) is 14.9 Å². The number of hydrogen-bond donors (Lipinski definition) is 1. The van der Waals surface area contributed by atoms with E-state index in [0.717, 1.165) is 60.4 Å². The lowest BCUT2D eigenvalue weighted by Gasteiger charge is -2.34. The highest BCUT2D eigenvalue weighted by molar-refractivity contribution is 7.18. The van der Waals surface area contributed by atoms with Crippen LogP contribution in [0.25, 0.3) is 10.2 Å². The van der Waals surface area contributed by atoms with E-state index in [0.29, 0.717) is 0 Å². The van der Waals surface area contributed by atoms with Crippen LogP contribution in [-0.2, 0) is 19.4 Å². The number of aromatic nitrogens is 2. The number of aryl methyl sites for hydroxylation is 2. The molecule has 1 fully saturated rings. The molecule has 2 aromatic heterocycles. The molecule has 22 heavy (non-hydrogen) atoms. The SMILES string of the molecule is C[C@H]1C[C@H](C)CN(Cc2nc3sc4c(c3c(=O)[nH]2)CCC4)C1. The zero-order chi connectivity index (χ0) is 15.3. The van der Waals surface area contributed by atoms with E-state index in [1.807, 2.05) is 0 Å². The van der Waals surface area contributed by atoms with Crippen molar-refractivity contribution >= 4 is 21.6 Å². The molecule has 0 aromatic carbocycles. The third-order valence-electron chi connectivity index (χ3n) is 4.94. The van der Waals surface area contributed by atoms with Crippen LogP contribution in [0.15, 0.2) is 4.79 Å². The largest absolute Gasteiger partial charge is 0.309 e. The van der Waals surface area contributed by atoms with Crippen molar-refractivity contribution < 1.29 is 0 Å². The Hall–Kier alpha value is -1.20. The third-order valence-corrected chi connectivity index (χ3v) is 6.13. The van der Waals surface area contributed by atoms with Gasteiger partial charge in [0.2, 0.25) is 0 Å². The number of rotatable bonds is 2. The van der Waals surface area contributed by atoms with Crippen molar-refractivity contribution in [3.8, 4) is 0 Å². The van der Waals surface area contributed by atoms with E-state index < -0.39 is 0 Å². The summed E-state index contributed by atoms with van der Waals surface area (Å²) in [6.45, 7) is 7.60. The average molecular weight is 317 g/mol. The minimum atomic E-state index is 0.0671. The van der Waals surface area contributed by atoms with Crippen molar-refractivity contribution in [1.29, 1.82) is 0 Å². The summed E-state index contributed by atoms with van der Waals surface area (Å²) < 4.78 is 0. The van der Waals surface area contributed by atoms with Crippen LogP contribution in [0.1, 0.15) is 43.0 Å². The number of aromatic amines is 1. The molecule has 0 saturated carbocycles. The normalized spacial score (nSPS) is 25.7. The number of fused-ring (bicyclic) bond motifs is 3. The first kappa shape index (κ1) is 14.4. The maximum Gasteiger partial charge on any atom is 0.259 e. The van der Waals surface area contributed by atoms with Crippen molar-refractivity contribution in [2.75, 3.05) is 13.1 Å². The van der Waals surface area contributed by atoms with Gasteiger partial charge in [0, 0.05) is 18.0 Å². The summed E-state index contributed by atoms with van der Waals surface area (Å²) in [6.07, 6.45) is 4.64. The van der Waals surface area contributed by atoms with Crippen LogP contribution in [0.4, 0.5) is 0 Å². The average Bonchev–Trinajstić information content (AvgIpc) is 2.96. The monoisotopic (exact) mass is 317 g/mol. The molecule has 118 valence electrons. The molecule has 0 amide bonds. The molecule has 0 radical (unpaired) electrons. The molecule has 4 nitrogen and oxygen atoms in total. The maximum absolute atomic E-state index is 12.5. The first-order chi connectivity index (χ1) is 10.6. The summed E-state index contributed by atoms with van der Waals surface area (Å²) >= 11 is 1.73. The summed E-state index contributed by atoms with van der Waals surface area (Å²) in [5.74, 6) is 2.29. The zero-order valence-electron chi connectivity index (χ0n) is 13.3. The molecule has 0 unspecified atom stereocenters. The molecule has 3 heterocycles. The molecule has 4 rings (SSSR count). The van der Waals surface area contributed by atoms with Gasteiger partial charge in [-0.15, -0.1) is 11.3 Å². The van der Waals surface area contributed by atoms with Gasteiger partial charge in [-0.2, -0.15) is 0 Å². The molecule has 1 aliphatic carbocycles. The number of piperidine rings is 1. The van der Waals surface area contributed by atoms with Crippen LogP contribution in [0.2, 0.25) is 0 Å². The highest BCUT2D eigenvalue weighted by atomic mass is 32.1. The van der Waals surface area contributed by atoms with Crippen molar-refractivity contribution in [3.05, 3.63) is 26.6 Å². The summed E-state index contributed by atoms with van der Waals surface area (Å²) in [7, 11) is 0. The number of nitrogens with zero attached hydrogens (tertiary/aromatic N) is 2. The van der Waals surface area contributed by atoms with Gasteiger partial charge in [0.1, 0.15) is 10.7 Å². The van der Waals surface area contributed by atoms with Crippen LogP contribution in [-0.4, -0.2) is 28.0 Å². The molecule has 0 spiro atoms. The topological polar surface area (TPSA) is 49.0 Å². The van der Waals surface area contributed by atoms with Crippen molar-refractivity contribution in [3.63, 3.8) is 0 Å². The van der Waals surface area contributed by atoms with Gasteiger partial charge >= 0.3 is 0 Å². The van der Waals surface area contributed by atoms with Crippen LogP contribution in [0.5, 0.6) is 0 Å². The second kappa shape index (κ2) is 5.46. The number of likely N-dealkylation sites (tertiary alicyclic amines) is 1. The van der Waals surface area contributed by atoms with Gasteiger partial charge < -0.3 is 4.98 Å². The smallest absolute Gasteiger partial charge is 0.259 e. The molecular weight excluding hydrogens is 294 g/mol. The Morgan fingerprint density at radius 2 is 2.05 bits per heavy atom. The lowest BCUT2D eigenvalue weighted by molar-refractivity contribution is 0.131. The Balaban J connectivity index is 1.64. The van der Waals surface area contributed by atoms with Crippen LogP contribution >= 0.6 is 11.3 Å². The predicted octanol–water partition coefficient (Wildman–Crippen LogP) is 2.95.